The maximum Gasteiger partial charge on any atom is 0.312 e. The van der Waals surface area contributed by atoms with Crippen molar-refractivity contribution in [3.63, 3.8) is 0 Å². The highest BCUT2D eigenvalue weighted by Gasteiger charge is 2.21. The normalized spacial score (nSPS) is 11.8. The van der Waals surface area contributed by atoms with Crippen molar-refractivity contribution in [1.29, 1.82) is 0 Å². The third-order valence-electron chi connectivity index (χ3n) is 2.23. The van der Waals surface area contributed by atoms with Crippen molar-refractivity contribution >= 4 is 11.5 Å². The Morgan fingerprint density at radius 1 is 1.69 bits per heavy atom. The van der Waals surface area contributed by atoms with Gasteiger partial charge in [-0.2, -0.15) is 5.10 Å². The van der Waals surface area contributed by atoms with E-state index < -0.39 is 4.92 Å². The first kappa shape index (κ1) is 12.0. The lowest BCUT2D eigenvalue weighted by atomic mass is 10.3. The first-order valence-electron chi connectivity index (χ1n) is 4.62. The van der Waals surface area contributed by atoms with Gasteiger partial charge in [-0.15, -0.1) is 0 Å². The Morgan fingerprint density at radius 2 is 2.31 bits per heavy atom. The van der Waals surface area contributed by atoms with Crippen LogP contribution in [0.1, 0.15) is 17.8 Å². The fraction of sp³-hybridized carbons (Fsp3) is 0.500. The molecule has 0 radical (unpaired) electrons. The Hall–Kier alpha value is -2.12. The van der Waals surface area contributed by atoms with Crippen molar-refractivity contribution in [1.82, 2.24) is 9.78 Å². The van der Waals surface area contributed by atoms with Crippen molar-refractivity contribution < 1.29 is 10.1 Å². The van der Waals surface area contributed by atoms with E-state index in [1.165, 1.54) is 4.68 Å². The molecule has 8 nitrogen and oxygen atoms in total. The van der Waals surface area contributed by atoms with Crippen LogP contribution in [-0.2, 0) is 6.54 Å². The standard InChI is InChI=1S/C8H13N5O3/c1-5-8(13(15)16)6(2)12(10-5)4-3-7(9)11-14/h14H,3-4H2,1-2H3,(H2,9,11). The van der Waals surface area contributed by atoms with E-state index in [4.69, 9.17) is 10.9 Å². The van der Waals surface area contributed by atoms with Gasteiger partial charge in [0, 0.05) is 13.0 Å². The van der Waals surface area contributed by atoms with Crippen LogP contribution in [0.25, 0.3) is 0 Å². The molecule has 16 heavy (non-hydrogen) atoms. The molecule has 8 heteroatoms. The summed E-state index contributed by atoms with van der Waals surface area (Å²) >= 11 is 0. The summed E-state index contributed by atoms with van der Waals surface area (Å²) in [5, 5.41) is 25.9. The molecule has 0 amide bonds. The van der Waals surface area contributed by atoms with E-state index in [2.05, 4.69) is 10.3 Å². The fourth-order valence-electron chi connectivity index (χ4n) is 1.44. The van der Waals surface area contributed by atoms with Gasteiger partial charge in [0.05, 0.1) is 4.92 Å². The number of nitrogens with zero attached hydrogens (tertiary/aromatic N) is 4. The Labute approximate surface area is 91.5 Å². The molecule has 0 aliphatic carbocycles. The average molecular weight is 227 g/mol. The minimum Gasteiger partial charge on any atom is -0.409 e. The molecule has 0 bridgehead atoms. The molecular formula is C8H13N5O3. The third kappa shape index (κ3) is 2.27. The molecule has 88 valence electrons. The summed E-state index contributed by atoms with van der Waals surface area (Å²) in [5.74, 6) is 0.0650. The number of aryl methyl sites for hydroxylation is 2. The number of nitrogens with two attached hydrogens (primary N) is 1. The maximum atomic E-state index is 10.7. The number of amidine groups is 1. The molecule has 1 aromatic heterocycles. The maximum absolute atomic E-state index is 10.7. The highest BCUT2D eigenvalue weighted by atomic mass is 16.6. The monoisotopic (exact) mass is 227 g/mol. The smallest absolute Gasteiger partial charge is 0.312 e. The number of hydrogen-bond donors (Lipinski definition) is 2. The zero-order chi connectivity index (χ0) is 12.3. The largest absolute Gasteiger partial charge is 0.409 e. The van der Waals surface area contributed by atoms with Crippen molar-refractivity contribution in [2.75, 3.05) is 0 Å². The van der Waals surface area contributed by atoms with Crippen molar-refractivity contribution in [3.05, 3.63) is 21.5 Å². The van der Waals surface area contributed by atoms with Gasteiger partial charge >= 0.3 is 5.69 Å². The first-order valence-corrected chi connectivity index (χ1v) is 4.62. The van der Waals surface area contributed by atoms with Gasteiger partial charge in [-0.05, 0) is 13.8 Å². The van der Waals surface area contributed by atoms with Gasteiger partial charge in [0.25, 0.3) is 0 Å². The van der Waals surface area contributed by atoms with Crippen LogP contribution in [0.15, 0.2) is 5.16 Å². The van der Waals surface area contributed by atoms with Crippen LogP contribution < -0.4 is 5.73 Å². The minimum atomic E-state index is -0.461. The molecule has 1 heterocycles. The zero-order valence-corrected chi connectivity index (χ0v) is 9.04. The SMILES string of the molecule is Cc1nn(CC/C(N)=N\O)c(C)c1[N+](=O)[O-]. The summed E-state index contributed by atoms with van der Waals surface area (Å²) < 4.78 is 1.48. The van der Waals surface area contributed by atoms with Crippen molar-refractivity contribution in [2.45, 2.75) is 26.8 Å². The van der Waals surface area contributed by atoms with E-state index in [1.807, 2.05) is 0 Å². The van der Waals surface area contributed by atoms with Crippen LogP contribution in [0, 0.1) is 24.0 Å². The Bertz CT molecular complexity index is 437. The number of oxime groups is 1. The second-order valence-electron chi connectivity index (χ2n) is 3.34. The molecule has 0 spiro atoms. The Morgan fingerprint density at radius 3 is 2.75 bits per heavy atom. The van der Waals surface area contributed by atoms with Gasteiger partial charge in [0.2, 0.25) is 0 Å². The molecule has 1 rings (SSSR count). The lowest BCUT2D eigenvalue weighted by Crippen LogP contribution is -2.16. The number of hydrogen-bond acceptors (Lipinski definition) is 5. The Balaban J connectivity index is 2.91. The highest BCUT2D eigenvalue weighted by Crippen LogP contribution is 2.21. The van der Waals surface area contributed by atoms with Crippen LogP contribution in [-0.4, -0.2) is 25.7 Å². The zero-order valence-electron chi connectivity index (χ0n) is 9.04. The van der Waals surface area contributed by atoms with E-state index in [1.54, 1.807) is 13.8 Å². The molecule has 0 aromatic carbocycles. The molecule has 3 N–H and O–H groups in total. The van der Waals surface area contributed by atoms with E-state index in [-0.39, 0.29) is 17.9 Å². The van der Waals surface area contributed by atoms with Crippen LogP contribution in [0.4, 0.5) is 5.69 Å². The molecule has 0 fully saturated rings. The minimum absolute atomic E-state index is 0.0134. The predicted octanol–water partition coefficient (Wildman–Crippen LogP) is 0.545. The molecule has 0 atom stereocenters. The summed E-state index contributed by atoms with van der Waals surface area (Å²) in [6.07, 6.45) is 0.287. The van der Waals surface area contributed by atoms with Gasteiger partial charge in [-0.3, -0.25) is 14.8 Å². The summed E-state index contributed by atoms with van der Waals surface area (Å²) in [4.78, 5) is 10.3. The van der Waals surface area contributed by atoms with E-state index in [9.17, 15) is 10.1 Å². The Kier molecular flexibility index (Phi) is 3.44. The second-order valence-corrected chi connectivity index (χ2v) is 3.34. The van der Waals surface area contributed by atoms with Gasteiger partial charge in [0.15, 0.2) is 0 Å². The van der Waals surface area contributed by atoms with Crippen LogP contribution in [0.2, 0.25) is 0 Å². The van der Waals surface area contributed by atoms with Crippen molar-refractivity contribution in [3.8, 4) is 0 Å². The average Bonchev–Trinajstić information content (AvgIpc) is 2.50. The van der Waals surface area contributed by atoms with Gasteiger partial charge in [-0.1, -0.05) is 5.16 Å². The third-order valence-corrected chi connectivity index (χ3v) is 2.23. The second kappa shape index (κ2) is 4.60. The van der Waals surface area contributed by atoms with Gasteiger partial charge in [0.1, 0.15) is 17.2 Å². The quantitative estimate of drug-likeness (QED) is 0.256. The highest BCUT2D eigenvalue weighted by molar-refractivity contribution is 5.79. The molecule has 1 aromatic rings. The molecule has 0 saturated carbocycles. The lowest BCUT2D eigenvalue weighted by Gasteiger charge is -2.01. The van der Waals surface area contributed by atoms with Gasteiger partial charge < -0.3 is 10.9 Å². The molecule has 0 aliphatic rings. The van der Waals surface area contributed by atoms with Crippen LogP contribution >= 0.6 is 0 Å². The van der Waals surface area contributed by atoms with E-state index >= 15 is 0 Å². The molecule has 0 aliphatic heterocycles. The van der Waals surface area contributed by atoms with Crippen molar-refractivity contribution in [2.24, 2.45) is 10.9 Å². The molecular weight excluding hydrogens is 214 g/mol. The molecule has 0 unspecified atom stereocenters. The molecule has 0 saturated heterocycles. The topological polar surface area (TPSA) is 120 Å². The fourth-order valence-corrected chi connectivity index (χ4v) is 1.44. The van der Waals surface area contributed by atoms with Gasteiger partial charge in [-0.25, -0.2) is 0 Å². The first-order chi connectivity index (χ1) is 7.47. The van der Waals surface area contributed by atoms with Crippen LogP contribution in [0.5, 0.6) is 0 Å². The summed E-state index contributed by atoms with van der Waals surface area (Å²) in [6, 6.07) is 0. The summed E-state index contributed by atoms with van der Waals surface area (Å²) in [7, 11) is 0. The van der Waals surface area contributed by atoms with Crippen LogP contribution in [0.3, 0.4) is 0 Å². The number of nitro groups is 1. The van der Waals surface area contributed by atoms with E-state index in [0.717, 1.165) is 0 Å². The number of aromatic nitrogens is 2. The predicted molar refractivity (Wildman–Crippen MR) is 56.4 cm³/mol. The van der Waals surface area contributed by atoms with E-state index in [0.29, 0.717) is 17.9 Å². The summed E-state index contributed by atoms with van der Waals surface area (Å²) in [5.41, 5.74) is 6.14. The lowest BCUT2D eigenvalue weighted by molar-refractivity contribution is -0.386. The summed E-state index contributed by atoms with van der Waals surface area (Å²) in [6.45, 7) is 3.53. The number of rotatable bonds is 4.